The van der Waals surface area contributed by atoms with Gasteiger partial charge in [0.15, 0.2) is 0 Å². The van der Waals surface area contributed by atoms with Crippen LogP contribution >= 0.6 is 0 Å². The second-order valence-corrected chi connectivity index (χ2v) is 14.2. The summed E-state index contributed by atoms with van der Waals surface area (Å²) in [7, 11) is 0. The maximum absolute atomic E-state index is 11.2. The van der Waals surface area contributed by atoms with Crippen molar-refractivity contribution in [2.45, 2.75) is 26.7 Å². The smallest absolute Gasteiger partial charge is 0.313 e. The predicted molar refractivity (Wildman–Crippen MR) is 247 cm³/mol. The van der Waals surface area contributed by atoms with Crippen molar-refractivity contribution in [3.8, 4) is 0 Å². The van der Waals surface area contributed by atoms with Crippen LogP contribution in [0.15, 0.2) is 0 Å². The molecular formula is C46H86O24. The van der Waals surface area contributed by atoms with Gasteiger partial charge in [-0.05, 0) is 13.8 Å². The van der Waals surface area contributed by atoms with Crippen molar-refractivity contribution in [3.63, 3.8) is 0 Å². The van der Waals surface area contributed by atoms with Crippen LogP contribution in [0, 0.1) is 0 Å². The molecule has 24 nitrogen and oxygen atoms in total. The summed E-state index contributed by atoms with van der Waals surface area (Å²) in [6.07, 6.45) is -0.438. The molecule has 0 saturated carbocycles. The van der Waals surface area contributed by atoms with Crippen LogP contribution in [0.4, 0.5) is 0 Å². The maximum Gasteiger partial charge on any atom is 0.313 e. The van der Waals surface area contributed by atoms with Crippen LogP contribution in [-0.4, -0.2) is 275 Å². The van der Waals surface area contributed by atoms with Crippen molar-refractivity contribution in [3.05, 3.63) is 0 Å². The monoisotopic (exact) mass is 1020 g/mol. The highest BCUT2D eigenvalue weighted by Gasteiger charge is 2.07. The van der Waals surface area contributed by atoms with Crippen LogP contribution in [0.5, 0.6) is 0 Å². The molecule has 0 saturated heterocycles. The fourth-order valence-electron chi connectivity index (χ4n) is 4.78. The molecule has 0 fully saturated rings. The Kier molecular flexibility index (Phi) is 57.1. The van der Waals surface area contributed by atoms with Gasteiger partial charge < -0.3 is 94.7 Å². The Balaban J connectivity index is 3.10. The lowest BCUT2D eigenvalue weighted by molar-refractivity contribution is -0.148. The fourth-order valence-corrected chi connectivity index (χ4v) is 4.78. The third-order valence-corrected chi connectivity index (χ3v) is 8.09. The first-order valence-corrected chi connectivity index (χ1v) is 24.1. The van der Waals surface area contributed by atoms with Gasteiger partial charge in [0.1, 0.15) is 37.6 Å². The lowest BCUT2D eigenvalue weighted by atomic mass is 10.3. The molecule has 0 radical (unpaired) electrons. The quantitative estimate of drug-likeness (QED) is 0.0452. The molecule has 0 rings (SSSR count). The highest BCUT2D eigenvalue weighted by molar-refractivity contribution is 5.94. The number of Topliss-reactive ketones (excluding diaryl/α,β-unsaturated/α-hetero) is 2. The van der Waals surface area contributed by atoms with Crippen molar-refractivity contribution >= 4 is 23.5 Å². The van der Waals surface area contributed by atoms with E-state index in [-0.39, 0.29) is 50.8 Å². The lowest BCUT2D eigenvalue weighted by Gasteiger charge is -2.09. The fraction of sp³-hybridized carbons (Fsp3) is 0.913. The summed E-state index contributed by atoms with van der Waals surface area (Å²) in [6, 6.07) is 0. The minimum absolute atomic E-state index is 0.107. The Hall–Kier alpha value is -2.44. The SMILES string of the molecule is CC(=O)CC(=O)OCCOCCOCCOCCOCCOCCOCCOCCOCCOCCOCCOCCOCCOCCOCCOCCOCCOCCOCCOC(=O)CC(C)=O. The lowest BCUT2D eigenvalue weighted by Crippen LogP contribution is -2.16. The van der Waals surface area contributed by atoms with Gasteiger partial charge in [-0.25, -0.2) is 0 Å². The molecule has 0 amide bonds. The van der Waals surface area contributed by atoms with Gasteiger partial charge in [-0.15, -0.1) is 0 Å². The third kappa shape index (κ3) is 61.7. The molecule has 0 aliphatic carbocycles. The Morgan fingerprint density at radius 2 is 0.286 bits per heavy atom. The van der Waals surface area contributed by atoms with E-state index in [9.17, 15) is 19.2 Å². The summed E-state index contributed by atoms with van der Waals surface area (Å²) in [5.41, 5.74) is 0. The molecule has 0 atom stereocenters. The maximum atomic E-state index is 11.2. The Morgan fingerprint density at radius 3 is 0.386 bits per heavy atom. The summed E-state index contributed by atoms with van der Waals surface area (Å²) in [4.78, 5) is 44.0. The molecular weight excluding hydrogens is 936 g/mol. The van der Waals surface area contributed by atoms with Crippen molar-refractivity contribution in [2.75, 3.05) is 251 Å². The number of hydrogen-bond donors (Lipinski definition) is 0. The van der Waals surface area contributed by atoms with Gasteiger partial charge in [-0.1, -0.05) is 0 Å². The van der Waals surface area contributed by atoms with Gasteiger partial charge >= 0.3 is 11.9 Å². The molecule has 414 valence electrons. The number of esters is 2. The van der Waals surface area contributed by atoms with E-state index in [2.05, 4.69) is 0 Å². The minimum Gasteiger partial charge on any atom is -0.463 e. The van der Waals surface area contributed by atoms with Crippen LogP contribution in [0.3, 0.4) is 0 Å². The molecule has 0 aromatic rings. The molecule has 0 spiro atoms. The molecule has 0 aliphatic heterocycles. The predicted octanol–water partition coefficient (Wildman–Crippen LogP) is 0.330. The molecule has 0 N–H and O–H groups in total. The molecule has 0 aliphatic rings. The summed E-state index contributed by atoms with van der Waals surface area (Å²) in [5.74, 6) is -1.56. The number of hydrogen-bond acceptors (Lipinski definition) is 24. The Morgan fingerprint density at radius 1 is 0.186 bits per heavy atom. The van der Waals surface area contributed by atoms with E-state index in [1.54, 1.807) is 0 Å². The average molecular weight is 1020 g/mol. The molecule has 0 unspecified atom stereocenters. The second kappa shape index (κ2) is 59.1. The zero-order valence-electron chi connectivity index (χ0n) is 42.1. The van der Waals surface area contributed by atoms with E-state index in [4.69, 9.17) is 94.7 Å². The largest absolute Gasteiger partial charge is 0.463 e. The first kappa shape index (κ1) is 67.6. The van der Waals surface area contributed by atoms with E-state index < -0.39 is 11.9 Å². The van der Waals surface area contributed by atoms with Gasteiger partial charge in [0.05, 0.1) is 238 Å². The van der Waals surface area contributed by atoms with Crippen LogP contribution in [0.2, 0.25) is 0 Å². The number of ketones is 2. The normalized spacial score (nSPS) is 11.4. The first-order chi connectivity index (χ1) is 34.4. The summed E-state index contributed by atoms with van der Waals surface area (Å²) < 4.78 is 108. The van der Waals surface area contributed by atoms with Crippen molar-refractivity contribution in [2.24, 2.45) is 0 Å². The van der Waals surface area contributed by atoms with Crippen LogP contribution in [-0.2, 0) is 114 Å². The van der Waals surface area contributed by atoms with E-state index in [1.165, 1.54) is 13.8 Å². The standard InChI is InChI=1S/C46H86O24/c1-43(47)41-45(49)69-39-37-67-35-33-65-31-29-63-27-25-61-23-21-59-19-17-57-15-13-55-11-9-53-7-5-51-3-4-52-6-8-54-10-12-56-14-16-58-18-20-60-22-24-62-26-28-64-30-32-66-34-36-68-38-40-70-46(50)42-44(2)48/h3-42H2,1-2H3. The summed E-state index contributed by atoms with van der Waals surface area (Å²) >= 11 is 0. The second-order valence-electron chi connectivity index (χ2n) is 14.2. The van der Waals surface area contributed by atoms with E-state index in [0.717, 1.165) is 0 Å². The number of ether oxygens (including phenoxy) is 20. The topological polar surface area (TPSA) is 253 Å². The van der Waals surface area contributed by atoms with Crippen molar-refractivity contribution in [1.29, 1.82) is 0 Å². The molecule has 0 aromatic carbocycles. The average Bonchev–Trinajstić information content (AvgIpc) is 3.33. The van der Waals surface area contributed by atoms with Gasteiger partial charge in [0.2, 0.25) is 0 Å². The highest BCUT2D eigenvalue weighted by Crippen LogP contribution is 1.92. The summed E-state index contributed by atoms with van der Waals surface area (Å²) in [5, 5.41) is 0. The first-order valence-electron chi connectivity index (χ1n) is 24.1. The molecule has 24 heteroatoms. The minimum atomic E-state index is -0.547. The van der Waals surface area contributed by atoms with Gasteiger partial charge in [0, 0.05) is 0 Å². The van der Waals surface area contributed by atoms with E-state index in [0.29, 0.717) is 225 Å². The third-order valence-electron chi connectivity index (χ3n) is 8.09. The Labute approximate surface area is 414 Å². The molecule has 0 bridgehead atoms. The number of carbonyl (C=O) groups excluding carboxylic acids is 4. The van der Waals surface area contributed by atoms with Crippen LogP contribution in [0.1, 0.15) is 26.7 Å². The highest BCUT2D eigenvalue weighted by atomic mass is 16.6. The molecule has 0 aromatic heterocycles. The van der Waals surface area contributed by atoms with Gasteiger partial charge in [-0.2, -0.15) is 0 Å². The number of rotatable bonds is 61. The van der Waals surface area contributed by atoms with Crippen molar-refractivity contribution in [1.82, 2.24) is 0 Å². The number of carbonyl (C=O) groups is 4. The zero-order valence-corrected chi connectivity index (χ0v) is 42.1. The zero-order chi connectivity index (χ0) is 50.7. The van der Waals surface area contributed by atoms with Crippen molar-refractivity contribution < 1.29 is 114 Å². The van der Waals surface area contributed by atoms with E-state index in [1.807, 2.05) is 0 Å². The van der Waals surface area contributed by atoms with Gasteiger partial charge in [0.25, 0.3) is 0 Å². The molecule has 0 heterocycles. The van der Waals surface area contributed by atoms with E-state index >= 15 is 0 Å². The van der Waals surface area contributed by atoms with Crippen LogP contribution < -0.4 is 0 Å². The van der Waals surface area contributed by atoms with Gasteiger partial charge in [-0.3, -0.25) is 19.2 Å². The molecule has 70 heavy (non-hydrogen) atoms. The Bertz CT molecular complexity index is 1040. The summed E-state index contributed by atoms with van der Waals surface area (Å²) in [6.45, 7) is 18.9. The van der Waals surface area contributed by atoms with Crippen LogP contribution in [0.25, 0.3) is 0 Å².